The number of hydrogen-bond acceptors (Lipinski definition) is 5. The molecule has 4 rings (SSSR count). The molecule has 1 saturated heterocycles. The van der Waals surface area contributed by atoms with Gasteiger partial charge in [-0.15, -0.1) is 0 Å². The van der Waals surface area contributed by atoms with E-state index in [4.69, 9.17) is 10.7 Å². The number of phenols is 1. The number of rotatable bonds is 3. The van der Waals surface area contributed by atoms with Gasteiger partial charge in [-0.25, -0.2) is 4.98 Å². The highest BCUT2D eigenvalue weighted by molar-refractivity contribution is 5.83. The summed E-state index contributed by atoms with van der Waals surface area (Å²) in [6.07, 6.45) is 3.51. The van der Waals surface area contributed by atoms with Crippen LogP contribution in [0.4, 0.5) is 5.82 Å². The minimum Gasteiger partial charge on any atom is -0.507 e. The lowest BCUT2D eigenvalue weighted by atomic mass is 9.97. The average molecular weight is 376 g/mol. The van der Waals surface area contributed by atoms with Crippen molar-refractivity contribution in [2.75, 3.05) is 18.0 Å². The van der Waals surface area contributed by atoms with Crippen molar-refractivity contribution >= 4 is 22.8 Å². The Hall–Kier alpha value is -3.15. The number of aromatic nitrogens is 2. The van der Waals surface area contributed by atoms with Gasteiger partial charge in [0.2, 0.25) is 5.91 Å². The molecule has 1 unspecified atom stereocenters. The van der Waals surface area contributed by atoms with Crippen LogP contribution in [-0.4, -0.2) is 34.1 Å². The first-order valence-electron chi connectivity index (χ1n) is 9.54. The van der Waals surface area contributed by atoms with Crippen molar-refractivity contribution < 1.29 is 9.90 Å². The van der Waals surface area contributed by atoms with Crippen molar-refractivity contribution in [1.82, 2.24) is 9.97 Å². The second-order valence-electron chi connectivity index (χ2n) is 7.58. The summed E-state index contributed by atoms with van der Waals surface area (Å²) in [5.41, 5.74) is 10.9. The number of amides is 1. The van der Waals surface area contributed by atoms with Gasteiger partial charge in [0.1, 0.15) is 11.6 Å². The first-order valence-corrected chi connectivity index (χ1v) is 9.54. The SMILES string of the molecule is Cc1cc(-c2ccc3ncc(N4CCCC(C(N)=O)C4)nc3c2)cc(C)c1O. The second-order valence-corrected chi connectivity index (χ2v) is 7.58. The molecule has 1 aromatic heterocycles. The number of aromatic hydroxyl groups is 1. The van der Waals surface area contributed by atoms with Crippen LogP contribution in [0.5, 0.6) is 5.75 Å². The van der Waals surface area contributed by atoms with E-state index < -0.39 is 0 Å². The van der Waals surface area contributed by atoms with Gasteiger partial charge in [0.25, 0.3) is 0 Å². The number of aryl methyl sites for hydroxylation is 2. The fraction of sp³-hybridized carbons (Fsp3) is 0.318. The summed E-state index contributed by atoms with van der Waals surface area (Å²) in [6, 6.07) is 9.95. The number of hydrogen-bond donors (Lipinski definition) is 2. The number of nitrogens with two attached hydrogens (primary N) is 1. The van der Waals surface area contributed by atoms with E-state index in [0.717, 1.165) is 58.5 Å². The van der Waals surface area contributed by atoms with Gasteiger partial charge in [0, 0.05) is 13.1 Å². The monoisotopic (exact) mass is 376 g/mol. The van der Waals surface area contributed by atoms with Gasteiger partial charge in [-0.3, -0.25) is 9.78 Å². The van der Waals surface area contributed by atoms with E-state index in [2.05, 4.69) is 9.88 Å². The highest BCUT2D eigenvalue weighted by atomic mass is 16.3. The number of primary amides is 1. The third-order valence-electron chi connectivity index (χ3n) is 5.50. The standard InChI is InChI=1S/C22H24N4O2/c1-13-8-17(9-14(2)21(13)27)15-5-6-18-19(10-15)25-20(11-24-18)26-7-3-4-16(12-26)22(23)28/h5-6,8-11,16,27H,3-4,7,12H2,1-2H3,(H2,23,28). The van der Waals surface area contributed by atoms with Gasteiger partial charge in [-0.2, -0.15) is 0 Å². The molecule has 0 radical (unpaired) electrons. The van der Waals surface area contributed by atoms with Crippen LogP contribution in [0.2, 0.25) is 0 Å². The van der Waals surface area contributed by atoms with Gasteiger partial charge in [0.15, 0.2) is 0 Å². The number of benzene rings is 2. The predicted molar refractivity (Wildman–Crippen MR) is 110 cm³/mol. The summed E-state index contributed by atoms with van der Waals surface area (Å²) in [7, 11) is 0. The van der Waals surface area contributed by atoms with E-state index in [1.54, 1.807) is 6.20 Å². The minimum absolute atomic E-state index is 0.138. The van der Waals surface area contributed by atoms with Crippen molar-refractivity contribution in [1.29, 1.82) is 0 Å². The normalized spacial score (nSPS) is 17.1. The lowest BCUT2D eigenvalue weighted by molar-refractivity contribution is -0.122. The Labute approximate surface area is 164 Å². The summed E-state index contributed by atoms with van der Waals surface area (Å²) in [4.78, 5) is 23.0. The van der Waals surface area contributed by atoms with E-state index in [1.165, 1.54) is 0 Å². The molecule has 1 aliphatic rings. The van der Waals surface area contributed by atoms with Gasteiger partial charge < -0.3 is 15.7 Å². The molecule has 2 heterocycles. The number of nitrogens with zero attached hydrogens (tertiary/aromatic N) is 3. The van der Waals surface area contributed by atoms with E-state index in [-0.39, 0.29) is 11.8 Å². The van der Waals surface area contributed by atoms with Gasteiger partial charge in [0.05, 0.1) is 23.1 Å². The highest BCUT2D eigenvalue weighted by Crippen LogP contribution is 2.31. The van der Waals surface area contributed by atoms with E-state index >= 15 is 0 Å². The molecule has 1 aliphatic heterocycles. The molecule has 28 heavy (non-hydrogen) atoms. The molecule has 6 nitrogen and oxygen atoms in total. The number of piperidine rings is 1. The van der Waals surface area contributed by atoms with Gasteiger partial charge in [-0.1, -0.05) is 6.07 Å². The Morgan fingerprint density at radius 3 is 2.61 bits per heavy atom. The number of fused-ring (bicyclic) bond motifs is 1. The fourth-order valence-corrected chi connectivity index (χ4v) is 3.87. The highest BCUT2D eigenvalue weighted by Gasteiger charge is 2.25. The van der Waals surface area contributed by atoms with Crippen LogP contribution < -0.4 is 10.6 Å². The summed E-state index contributed by atoms with van der Waals surface area (Å²) in [6.45, 7) is 5.23. The number of phenolic OH excluding ortho intramolecular Hbond substituents is 1. The summed E-state index contributed by atoms with van der Waals surface area (Å²) in [5.74, 6) is 0.716. The zero-order valence-corrected chi connectivity index (χ0v) is 16.1. The van der Waals surface area contributed by atoms with Gasteiger partial charge >= 0.3 is 0 Å². The van der Waals surface area contributed by atoms with E-state index in [0.29, 0.717) is 12.3 Å². The molecule has 3 aromatic rings. The largest absolute Gasteiger partial charge is 0.507 e. The van der Waals surface area contributed by atoms with E-state index in [9.17, 15) is 9.90 Å². The van der Waals surface area contributed by atoms with Crippen LogP contribution in [0.1, 0.15) is 24.0 Å². The third kappa shape index (κ3) is 3.38. The molecular formula is C22H24N4O2. The third-order valence-corrected chi connectivity index (χ3v) is 5.50. The lowest BCUT2D eigenvalue weighted by Crippen LogP contribution is -2.41. The molecule has 1 amide bonds. The van der Waals surface area contributed by atoms with E-state index in [1.807, 2.05) is 44.2 Å². The number of carbonyl (C=O) groups excluding carboxylic acids is 1. The molecule has 3 N–H and O–H groups in total. The number of carbonyl (C=O) groups is 1. The fourth-order valence-electron chi connectivity index (χ4n) is 3.87. The zero-order valence-electron chi connectivity index (χ0n) is 16.1. The Morgan fingerprint density at radius 1 is 1.14 bits per heavy atom. The molecule has 0 saturated carbocycles. The Morgan fingerprint density at radius 2 is 1.89 bits per heavy atom. The van der Waals surface area contributed by atoms with Gasteiger partial charge in [-0.05, 0) is 73.2 Å². The minimum atomic E-state index is -0.251. The first-order chi connectivity index (χ1) is 13.4. The summed E-state index contributed by atoms with van der Waals surface area (Å²) in [5, 5.41) is 10.0. The molecule has 1 atom stereocenters. The van der Waals surface area contributed by atoms with Crippen molar-refractivity contribution in [2.45, 2.75) is 26.7 Å². The molecule has 2 aromatic carbocycles. The molecule has 0 spiro atoms. The maximum Gasteiger partial charge on any atom is 0.222 e. The van der Waals surface area contributed by atoms with Crippen LogP contribution in [0, 0.1) is 19.8 Å². The van der Waals surface area contributed by atoms with Crippen LogP contribution >= 0.6 is 0 Å². The van der Waals surface area contributed by atoms with Crippen molar-refractivity contribution in [3.8, 4) is 16.9 Å². The quantitative estimate of drug-likeness (QED) is 0.731. The molecule has 1 fully saturated rings. The summed E-state index contributed by atoms with van der Waals surface area (Å²) < 4.78 is 0. The molecule has 144 valence electrons. The molecule has 0 aliphatic carbocycles. The topological polar surface area (TPSA) is 92.3 Å². The first kappa shape index (κ1) is 18.2. The second kappa shape index (κ2) is 7.11. The Bertz CT molecular complexity index is 1040. The smallest absolute Gasteiger partial charge is 0.222 e. The van der Waals surface area contributed by atoms with Crippen LogP contribution in [0.3, 0.4) is 0 Å². The maximum atomic E-state index is 11.6. The lowest BCUT2D eigenvalue weighted by Gasteiger charge is -2.31. The predicted octanol–water partition coefficient (Wildman–Crippen LogP) is 3.32. The molecule has 6 heteroatoms. The molecule has 0 bridgehead atoms. The Balaban J connectivity index is 1.70. The van der Waals surface area contributed by atoms with Crippen molar-refractivity contribution in [3.05, 3.63) is 47.7 Å². The Kier molecular flexibility index (Phi) is 4.63. The van der Waals surface area contributed by atoms with Crippen LogP contribution in [0.25, 0.3) is 22.2 Å². The summed E-state index contributed by atoms with van der Waals surface area (Å²) >= 11 is 0. The zero-order chi connectivity index (χ0) is 19.8. The molecular weight excluding hydrogens is 352 g/mol. The van der Waals surface area contributed by atoms with Crippen molar-refractivity contribution in [3.63, 3.8) is 0 Å². The maximum absolute atomic E-state index is 11.6. The number of anilines is 1. The van der Waals surface area contributed by atoms with Crippen LogP contribution in [-0.2, 0) is 4.79 Å². The van der Waals surface area contributed by atoms with Crippen molar-refractivity contribution in [2.24, 2.45) is 11.7 Å². The van der Waals surface area contributed by atoms with Crippen LogP contribution in [0.15, 0.2) is 36.5 Å². The average Bonchev–Trinajstić information content (AvgIpc) is 2.71.